The maximum Gasteiger partial charge on any atom is 0.165 e. The lowest BCUT2D eigenvalue weighted by Gasteiger charge is -2.00. The van der Waals surface area contributed by atoms with Crippen LogP contribution in [0.5, 0.6) is 5.75 Å². The molecule has 0 amide bonds. The van der Waals surface area contributed by atoms with Gasteiger partial charge in [0.2, 0.25) is 0 Å². The SMILES string of the molecule is CC=CCOOc1ccccc1. The molecule has 0 unspecified atom stereocenters. The minimum absolute atomic E-state index is 0.478. The summed E-state index contributed by atoms with van der Waals surface area (Å²) in [5, 5.41) is 0. The van der Waals surface area contributed by atoms with Crippen LogP contribution < -0.4 is 4.89 Å². The number of rotatable bonds is 4. The van der Waals surface area contributed by atoms with Crippen LogP contribution in [0.15, 0.2) is 42.5 Å². The summed E-state index contributed by atoms with van der Waals surface area (Å²) in [5.74, 6) is 0.724. The molecule has 0 aromatic heterocycles. The van der Waals surface area contributed by atoms with Gasteiger partial charge in [-0.1, -0.05) is 30.4 Å². The Morgan fingerprint density at radius 3 is 2.67 bits per heavy atom. The van der Waals surface area contributed by atoms with Crippen LogP contribution in [0.2, 0.25) is 0 Å². The number of benzene rings is 1. The van der Waals surface area contributed by atoms with Crippen molar-refractivity contribution < 1.29 is 9.78 Å². The molecule has 0 saturated heterocycles. The molecule has 0 aliphatic rings. The van der Waals surface area contributed by atoms with E-state index in [1.807, 2.05) is 49.4 Å². The molecule has 0 aliphatic heterocycles. The van der Waals surface area contributed by atoms with Gasteiger partial charge >= 0.3 is 0 Å². The van der Waals surface area contributed by atoms with Crippen molar-refractivity contribution in [3.05, 3.63) is 42.5 Å². The highest BCUT2D eigenvalue weighted by atomic mass is 17.2. The highest BCUT2D eigenvalue weighted by Gasteiger charge is 1.88. The van der Waals surface area contributed by atoms with Crippen molar-refractivity contribution in [2.24, 2.45) is 0 Å². The number of allylic oxidation sites excluding steroid dienone is 1. The van der Waals surface area contributed by atoms with Gasteiger partial charge in [0.15, 0.2) is 5.75 Å². The van der Waals surface area contributed by atoms with Crippen LogP contribution in [0.25, 0.3) is 0 Å². The Morgan fingerprint density at radius 2 is 2.00 bits per heavy atom. The van der Waals surface area contributed by atoms with Crippen LogP contribution in [0.4, 0.5) is 0 Å². The molecule has 0 radical (unpaired) electrons. The predicted molar refractivity (Wildman–Crippen MR) is 47.8 cm³/mol. The number of hydrogen-bond acceptors (Lipinski definition) is 2. The standard InChI is InChI=1S/C10H12O2/c1-2-3-9-11-12-10-7-5-4-6-8-10/h2-8H,9H2,1H3. The van der Waals surface area contributed by atoms with Gasteiger partial charge in [0.25, 0.3) is 0 Å². The van der Waals surface area contributed by atoms with Crippen LogP contribution in [-0.4, -0.2) is 6.61 Å². The summed E-state index contributed by atoms with van der Waals surface area (Å²) in [6, 6.07) is 9.41. The number of hydrogen-bond donors (Lipinski definition) is 0. The zero-order chi connectivity index (χ0) is 8.65. The van der Waals surface area contributed by atoms with Crippen molar-refractivity contribution in [3.63, 3.8) is 0 Å². The summed E-state index contributed by atoms with van der Waals surface area (Å²) in [4.78, 5) is 9.83. The second kappa shape index (κ2) is 5.38. The van der Waals surface area contributed by atoms with Gasteiger partial charge in [-0.3, -0.25) is 0 Å². The van der Waals surface area contributed by atoms with Crippen molar-refractivity contribution >= 4 is 0 Å². The molecular formula is C10H12O2. The van der Waals surface area contributed by atoms with E-state index in [9.17, 15) is 0 Å². The highest BCUT2D eigenvalue weighted by molar-refractivity contribution is 5.20. The zero-order valence-corrected chi connectivity index (χ0v) is 7.07. The van der Waals surface area contributed by atoms with E-state index in [1.54, 1.807) is 0 Å². The normalized spacial score (nSPS) is 10.4. The largest absolute Gasteiger partial charge is 0.337 e. The molecule has 0 bridgehead atoms. The van der Waals surface area contributed by atoms with Crippen molar-refractivity contribution in [3.8, 4) is 5.75 Å². The summed E-state index contributed by atoms with van der Waals surface area (Å²) in [6.07, 6.45) is 3.79. The lowest BCUT2D eigenvalue weighted by Crippen LogP contribution is -1.96. The summed E-state index contributed by atoms with van der Waals surface area (Å²) >= 11 is 0. The van der Waals surface area contributed by atoms with Gasteiger partial charge in [0.1, 0.15) is 6.61 Å². The second-order valence-electron chi connectivity index (χ2n) is 2.25. The van der Waals surface area contributed by atoms with Gasteiger partial charge in [0.05, 0.1) is 0 Å². The van der Waals surface area contributed by atoms with Gasteiger partial charge in [0, 0.05) is 0 Å². The van der Waals surface area contributed by atoms with Crippen LogP contribution in [0, 0.1) is 0 Å². The monoisotopic (exact) mass is 164 g/mol. The lowest BCUT2D eigenvalue weighted by molar-refractivity contribution is -0.195. The predicted octanol–water partition coefficient (Wildman–Crippen LogP) is 2.57. The van der Waals surface area contributed by atoms with E-state index in [-0.39, 0.29) is 0 Å². The van der Waals surface area contributed by atoms with Gasteiger partial charge in [-0.25, -0.2) is 0 Å². The molecule has 2 heteroatoms. The van der Waals surface area contributed by atoms with Crippen LogP contribution >= 0.6 is 0 Å². The molecule has 1 aromatic carbocycles. The molecular weight excluding hydrogens is 152 g/mol. The van der Waals surface area contributed by atoms with Crippen LogP contribution in [0.3, 0.4) is 0 Å². The smallest absolute Gasteiger partial charge is 0.165 e. The Kier molecular flexibility index (Phi) is 3.95. The van der Waals surface area contributed by atoms with Crippen LogP contribution in [0.1, 0.15) is 6.92 Å². The Balaban J connectivity index is 2.24. The third kappa shape index (κ3) is 3.21. The molecule has 1 aromatic rings. The molecule has 1 rings (SSSR count). The minimum Gasteiger partial charge on any atom is -0.337 e. The molecule has 2 nitrogen and oxygen atoms in total. The van der Waals surface area contributed by atoms with Gasteiger partial charge in [-0.05, 0) is 19.1 Å². The lowest BCUT2D eigenvalue weighted by atomic mass is 10.3. The van der Waals surface area contributed by atoms with Crippen molar-refractivity contribution in [2.75, 3.05) is 6.61 Å². The quantitative estimate of drug-likeness (QED) is 0.295. The first-order valence-corrected chi connectivity index (χ1v) is 3.89. The second-order valence-corrected chi connectivity index (χ2v) is 2.25. The highest BCUT2D eigenvalue weighted by Crippen LogP contribution is 2.07. The first-order valence-electron chi connectivity index (χ1n) is 3.89. The van der Waals surface area contributed by atoms with E-state index in [0.717, 1.165) is 5.75 Å². The minimum atomic E-state index is 0.478. The van der Waals surface area contributed by atoms with Crippen molar-refractivity contribution in [1.29, 1.82) is 0 Å². The molecule has 12 heavy (non-hydrogen) atoms. The summed E-state index contributed by atoms with van der Waals surface area (Å²) in [7, 11) is 0. The van der Waals surface area contributed by atoms with E-state index >= 15 is 0 Å². The fourth-order valence-corrected chi connectivity index (χ4v) is 0.714. The van der Waals surface area contributed by atoms with Gasteiger partial charge in [-0.2, -0.15) is 4.89 Å². The third-order valence-corrected chi connectivity index (χ3v) is 1.30. The molecule has 0 aliphatic carbocycles. The van der Waals surface area contributed by atoms with E-state index < -0.39 is 0 Å². The van der Waals surface area contributed by atoms with Crippen LogP contribution in [-0.2, 0) is 4.89 Å². The average Bonchev–Trinajstić information content (AvgIpc) is 2.14. The van der Waals surface area contributed by atoms with E-state index in [4.69, 9.17) is 9.78 Å². The van der Waals surface area contributed by atoms with E-state index in [0.29, 0.717) is 6.61 Å². The van der Waals surface area contributed by atoms with Gasteiger partial charge in [-0.15, -0.1) is 0 Å². The number of para-hydroxylation sites is 1. The average molecular weight is 164 g/mol. The summed E-state index contributed by atoms with van der Waals surface area (Å²) < 4.78 is 0. The summed E-state index contributed by atoms with van der Waals surface area (Å²) in [6.45, 7) is 2.41. The van der Waals surface area contributed by atoms with E-state index in [1.165, 1.54) is 0 Å². The van der Waals surface area contributed by atoms with Gasteiger partial charge < -0.3 is 4.89 Å². The molecule has 0 fully saturated rings. The maximum absolute atomic E-state index is 4.96. The zero-order valence-electron chi connectivity index (χ0n) is 7.07. The van der Waals surface area contributed by atoms with E-state index in [2.05, 4.69) is 0 Å². The Morgan fingerprint density at radius 1 is 1.25 bits per heavy atom. The first-order chi connectivity index (χ1) is 5.93. The molecule has 0 spiro atoms. The third-order valence-electron chi connectivity index (χ3n) is 1.30. The molecule has 64 valence electrons. The van der Waals surface area contributed by atoms with Crippen molar-refractivity contribution in [1.82, 2.24) is 0 Å². The molecule has 0 atom stereocenters. The molecule has 0 heterocycles. The fourth-order valence-electron chi connectivity index (χ4n) is 0.714. The molecule has 0 saturated carbocycles. The molecule has 0 N–H and O–H groups in total. The maximum atomic E-state index is 4.96. The topological polar surface area (TPSA) is 18.5 Å². The van der Waals surface area contributed by atoms with Crippen molar-refractivity contribution in [2.45, 2.75) is 6.92 Å². The first kappa shape index (κ1) is 8.81. The fraction of sp³-hybridized carbons (Fsp3) is 0.200. The summed E-state index contributed by atoms with van der Waals surface area (Å²) in [5.41, 5.74) is 0. The Hall–Kier alpha value is -1.28. The Labute approximate surface area is 72.4 Å². The Bertz CT molecular complexity index is 229.